The minimum absolute atomic E-state index is 0.356. The molecule has 5 nitrogen and oxygen atoms in total. The summed E-state index contributed by atoms with van der Waals surface area (Å²) < 4.78 is 5.08. The highest BCUT2D eigenvalue weighted by molar-refractivity contribution is 6.35. The highest BCUT2D eigenvalue weighted by atomic mass is 35.5. The molecule has 2 rings (SSSR count). The zero-order valence-corrected chi connectivity index (χ0v) is 8.81. The molecule has 0 spiro atoms. The van der Waals surface area contributed by atoms with E-state index in [1.165, 1.54) is 12.4 Å². The van der Waals surface area contributed by atoms with Crippen LogP contribution in [0.15, 0.2) is 24.5 Å². The van der Waals surface area contributed by atoms with Crippen LogP contribution >= 0.6 is 11.6 Å². The first-order valence-corrected chi connectivity index (χ1v) is 4.80. The number of carbonyl (C=O) groups is 1. The summed E-state index contributed by atoms with van der Waals surface area (Å²) in [5.74, 6) is -0.693. The Bertz CT molecular complexity index is 545. The third-order valence-electron chi connectivity index (χ3n) is 1.89. The fraction of sp³-hybridized carbons (Fsp3) is 0.100. The van der Waals surface area contributed by atoms with Gasteiger partial charge in [0.15, 0.2) is 6.61 Å². The lowest BCUT2D eigenvalue weighted by Gasteiger charge is -2.06. The summed E-state index contributed by atoms with van der Waals surface area (Å²) in [4.78, 5) is 18.5. The second kappa shape index (κ2) is 4.32. The topological polar surface area (TPSA) is 72.3 Å². The molecule has 0 amide bonds. The van der Waals surface area contributed by atoms with E-state index in [2.05, 4.69) is 9.97 Å². The molecule has 0 atom stereocenters. The standard InChI is InChI=1S/C10H7ClN2O3/c11-6-1-2-7(16-5-8(14)15)10-9(6)12-3-4-13-10/h1-4H,5H2,(H,14,15). The van der Waals surface area contributed by atoms with Crippen LogP contribution in [0.3, 0.4) is 0 Å². The van der Waals surface area contributed by atoms with E-state index >= 15 is 0 Å². The van der Waals surface area contributed by atoms with E-state index < -0.39 is 12.6 Å². The van der Waals surface area contributed by atoms with Gasteiger partial charge >= 0.3 is 5.97 Å². The summed E-state index contributed by atoms with van der Waals surface area (Å²) in [6.45, 7) is -0.423. The van der Waals surface area contributed by atoms with E-state index in [0.29, 0.717) is 21.8 Å². The van der Waals surface area contributed by atoms with Gasteiger partial charge < -0.3 is 9.84 Å². The molecule has 0 aliphatic carbocycles. The Kier molecular flexibility index (Phi) is 2.87. The molecule has 0 bridgehead atoms. The fourth-order valence-corrected chi connectivity index (χ4v) is 1.46. The van der Waals surface area contributed by atoms with E-state index in [1.54, 1.807) is 12.1 Å². The van der Waals surface area contributed by atoms with Crippen molar-refractivity contribution in [3.63, 3.8) is 0 Å². The van der Waals surface area contributed by atoms with Gasteiger partial charge in [-0.25, -0.2) is 9.78 Å². The van der Waals surface area contributed by atoms with E-state index in [-0.39, 0.29) is 0 Å². The highest BCUT2D eigenvalue weighted by Gasteiger charge is 2.08. The average molecular weight is 239 g/mol. The molecule has 2 aromatic rings. The van der Waals surface area contributed by atoms with Crippen LogP contribution in [-0.4, -0.2) is 27.7 Å². The first-order valence-electron chi connectivity index (χ1n) is 4.42. The summed E-state index contributed by atoms with van der Waals surface area (Å²) >= 11 is 5.92. The van der Waals surface area contributed by atoms with Crippen LogP contribution in [0.1, 0.15) is 0 Å². The number of halogens is 1. The van der Waals surface area contributed by atoms with Crippen molar-refractivity contribution in [2.24, 2.45) is 0 Å². The summed E-state index contributed by atoms with van der Waals surface area (Å²) in [5.41, 5.74) is 0.948. The van der Waals surface area contributed by atoms with Gasteiger partial charge in [-0.1, -0.05) is 11.6 Å². The van der Waals surface area contributed by atoms with Crippen molar-refractivity contribution in [3.8, 4) is 5.75 Å². The quantitative estimate of drug-likeness (QED) is 0.882. The van der Waals surface area contributed by atoms with Gasteiger partial charge in [-0.05, 0) is 12.1 Å². The summed E-state index contributed by atoms with van der Waals surface area (Å²) in [6, 6.07) is 3.16. The van der Waals surface area contributed by atoms with Crippen LogP contribution < -0.4 is 4.74 Å². The Hall–Kier alpha value is -1.88. The predicted octanol–water partition coefficient (Wildman–Crippen LogP) is 1.75. The van der Waals surface area contributed by atoms with Crippen molar-refractivity contribution < 1.29 is 14.6 Å². The van der Waals surface area contributed by atoms with Crippen molar-refractivity contribution in [3.05, 3.63) is 29.5 Å². The Labute approximate surface area is 95.7 Å². The summed E-state index contributed by atoms with van der Waals surface area (Å²) in [6.07, 6.45) is 3.00. The first kappa shape index (κ1) is 10.6. The molecule has 0 radical (unpaired) electrons. The Morgan fingerprint density at radius 3 is 2.69 bits per heavy atom. The second-order valence-corrected chi connectivity index (χ2v) is 3.39. The molecule has 1 N–H and O–H groups in total. The summed E-state index contributed by atoms with van der Waals surface area (Å²) in [5, 5.41) is 8.96. The van der Waals surface area contributed by atoms with Crippen molar-refractivity contribution in [2.45, 2.75) is 0 Å². The number of carboxylic acids is 1. The molecule has 6 heteroatoms. The Balaban J connectivity index is 2.46. The third kappa shape index (κ3) is 2.04. The zero-order chi connectivity index (χ0) is 11.5. The predicted molar refractivity (Wildman–Crippen MR) is 57.7 cm³/mol. The van der Waals surface area contributed by atoms with E-state index in [0.717, 1.165) is 0 Å². The summed E-state index contributed by atoms with van der Waals surface area (Å²) in [7, 11) is 0. The van der Waals surface area contributed by atoms with Gasteiger partial charge in [-0.15, -0.1) is 0 Å². The van der Waals surface area contributed by atoms with Crippen LogP contribution in [0.4, 0.5) is 0 Å². The minimum atomic E-state index is -1.05. The number of nitrogens with zero attached hydrogens (tertiary/aromatic N) is 2. The molecule has 1 aromatic carbocycles. The number of aliphatic carboxylic acids is 1. The van der Waals surface area contributed by atoms with Crippen LogP contribution in [0.2, 0.25) is 5.02 Å². The number of hydrogen-bond donors (Lipinski definition) is 1. The molecular formula is C10H7ClN2O3. The van der Waals surface area contributed by atoms with Gasteiger partial charge in [0, 0.05) is 12.4 Å². The Morgan fingerprint density at radius 2 is 2.00 bits per heavy atom. The second-order valence-electron chi connectivity index (χ2n) is 2.98. The van der Waals surface area contributed by atoms with Crippen molar-refractivity contribution in [2.75, 3.05) is 6.61 Å². The SMILES string of the molecule is O=C(O)COc1ccc(Cl)c2nccnc12. The fourth-order valence-electron chi connectivity index (χ4n) is 1.26. The molecule has 1 aromatic heterocycles. The van der Waals surface area contributed by atoms with E-state index in [4.69, 9.17) is 21.4 Å². The number of rotatable bonds is 3. The molecule has 16 heavy (non-hydrogen) atoms. The lowest BCUT2D eigenvalue weighted by atomic mass is 10.3. The van der Waals surface area contributed by atoms with Gasteiger partial charge in [0.1, 0.15) is 16.8 Å². The first-order chi connectivity index (χ1) is 7.68. The molecular weight excluding hydrogens is 232 g/mol. The molecule has 0 saturated heterocycles. The van der Waals surface area contributed by atoms with Crippen LogP contribution in [0, 0.1) is 0 Å². The van der Waals surface area contributed by atoms with Crippen molar-refractivity contribution >= 4 is 28.6 Å². The molecule has 82 valence electrons. The number of hydrogen-bond acceptors (Lipinski definition) is 4. The minimum Gasteiger partial charge on any atom is -0.480 e. The maximum atomic E-state index is 10.4. The van der Waals surface area contributed by atoms with Gasteiger partial charge in [0.2, 0.25) is 0 Å². The molecule has 0 fully saturated rings. The van der Waals surface area contributed by atoms with Gasteiger partial charge in [0.05, 0.1) is 5.02 Å². The third-order valence-corrected chi connectivity index (χ3v) is 2.20. The number of fused-ring (bicyclic) bond motifs is 1. The molecule has 1 heterocycles. The van der Waals surface area contributed by atoms with Crippen LogP contribution in [0.5, 0.6) is 5.75 Å². The number of aromatic nitrogens is 2. The molecule has 0 unspecified atom stereocenters. The maximum absolute atomic E-state index is 10.4. The van der Waals surface area contributed by atoms with Crippen LogP contribution in [-0.2, 0) is 4.79 Å². The maximum Gasteiger partial charge on any atom is 0.341 e. The zero-order valence-electron chi connectivity index (χ0n) is 8.05. The molecule has 0 aliphatic rings. The van der Waals surface area contributed by atoms with E-state index in [9.17, 15) is 4.79 Å². The van der Waals surface area contributed by atoms with Gasteiger partial charge in [0.25, 0.3) is 0 Å². The largest absolute Gasteiger partial charge is 0.480 e. The average Bonchev–Trinajstić information content (AvgIpc) is 2.28. The lowest BCUT2D eigenvalue weighted by molar-refractivity contribution is -0.139. The molecule has 0 aliphatic heterocycles. The highest BCUT2D eigenvalue weighted by Crippen LogP contribution is 2.27. The smallest absolute Gasteiger partial charge is 0.341 e. The Morgan fingerprint density at radius 1 is 1.31 bits per heavy atom. The van der Waals surface area contributed by atoms with Gasteiger partial charge in [-0.3, -0.25) is 4.98 Å². The van der Waals surface area contributed by atoms with Crippen molar-refractivity contribution in [1.82, 2.24) is 9.97 Å². The number of carboxylic acid groups (broad SMARTS) is 1. The van der Waals surface area contributed by atoms with Gasteiger partial charge in [-0.2, -0.15) is 0 Å². The lowest BCUT2D eigenvalue weighted by Crippen LogP contribution is -2.09. The van der Waals surface area contributed by atoms with Crippen LogP contribution in [0.25, 0.3) is 11.0 Å². The number of ether oxygens (including phenoxy) is 1. The normalized spacial score (nSPS) is 10.3. The molecule has 0 saturated carbocycles. The van der Waals surface area contributed by atoms with Crippen molar-refractivity contribution in [1.29, 1.82) is 0 Å². The number of benzene rings is 1. The van der Waals surface area contributed by atoms with E-state index in [1.807, 2.05) is 0 Å². The monoisotopic (exact) mass is 238 g/mol.